The molecular weight excluding hydrogens is 256 g/mol. The Morgan fingerprint density at radius 3 is 1.95 bits per heavy atom. The fourth-order valence-corrected chi connectivity index (χ4v) is 2.02. The van der Waals surface area contributed by atoms with Gasteiger partial charge in [0.1, 0.15) is 0 Å². The molecule has 0 radical (unpaired) electrons. The van der Waals surface area contributed by atoms with E-state index in [0.29, 0.717) is 24.3 Å². The number of allylic oxidation sites excluding steroid dienone is 2. The van der Waals surface area contributed by atoms with Crippen molar-refractivity contribution >= 4 is 11.9 Å². The maximum absolute atomic E-state index is 11.3. The number of aliphatic carboxylic acids is 2. The molecule has 0 rings (SSSR count). The van der Waals surface area contributed by atoms with Crippen LogP contribution in [0.2, 0.25) is 0 Å². The van der Waals surface area contributed by atoms with E-state index in [0.717, 1.165) is 25.7 Å². The van der Waals surface area contributed by atoms with Gasteiger partial charge in [0.15, 0.2) is 0 Å². The van der Waals surface area contributed by atoms with Crippen LogP contribution in [0.25, 0.3) is 0 Å². The van der Waals surface area contributed by atoms with Crippen molar-refractivity contribution in [3.05, 3.63) is 23.3 Å². The van der Waals surface area contributed by atoms with E-state index in [4.69, 9.17) is 5.11 Å². The first kappa shape index (κ1) is 18.4. The highest BCUT2D eigenvalue weighted by Gasteiger charge is 2.14. The maximum Gasteiger partial charge on any atom is 0.331 e. The Morgan fingerprint density at radius 1 is 1.00 bits per heavy atom. The Kier molecular flexibility index (Phi) is 9.43. The number of carboxylic acids is 2. The summed E-state index contributed by atoms with van der Waals surface area (Å²) in [6.45, 7) is 5.92. The summed E-state index contributed by atoms with van der Waals surface area (Å²) in [5.41, 5.74) is 0.519. The van der Waals surface area contributed by atoms with Crippen molar-refractivity contribution in [1.29, 1.82) is 0 Å². The van der Waals surface area contributed by atoms with E-state index in [1.165, 1.54) is 12.2 Å². The van der Waals surface area contributed by atoms with Gasteiger partial charge in [-0.05, 0) is 18.8 Å². The van der Waals surface area contributed by atoms with Crippen molar-refractivity contribution in [1.82, 2.24) is 0 Å². The number of rotatable bonds is 10. The fraction of sp³-hybridized carbons (Fsp3) is 0.625. The first-order valence-corrected chi connectivity index (χ1v) is 7.32. The van der Waals surface area contributed by atoms with Gasteiger partial charge in [0.25, 0.3) is 0 Å². The van der Waals surface area contributed by atoms with Crippen LogP contribution < -0.4 is 0 Å². The van der Waals surface area contributed by atoms with Crippen molar-refractivity contribution in [3.63, 3.8) is 0 Å². The topological polar surface area (TPSA) is 74.6 Å². The van der Waals surface area contributed by atoms with Crippen molar-refractivity contribution in [2.75, 3.05) is 0 Å². The molecule has 0 heterocycles. The summed E-state index contributed by atoms with van der Waals surface area (Å²) in [7, 11) is 0. The maximum atomic E-state index is 11.3. The van der Waals surface area contributed by atoms with Crippen LogP contribution in [0, 0.1) is 5.92 Å². The number of hydrogen-bond acceptors (Lipinski definition) is 2. The van der Waals surface area contributed by atoms with Crippen LogP contribution in [0.3, 0.4) is 0 Å². The lowest BCUT2D eigenvalue weighted by atomic mass is 9.91. The molecule has 0 aromatic heterocycles. The van der Waals surface area contributed by atoms with E-state index in [1.54, 1.807) is 6.92 Å². The van der Waals surface area contributed by atoms with Crippen LogP contribution in [0.1, 0.15) is 59.3 Å². The molecule has 0 aromatic carbocycles. The average molecular weight is 282 g/mol. The summed E-state index contributed by atoms with van der Waals surface area (Å²) in [4.78, 5) is 22.1. The second-order valence-electron chi connectivity index (χ2n) is 4.97. The number of unbranched alkanes of at least 4 members (excludes halogenated alkanes) is 1. The van der Waals surface area contributed by atoms with Crippen LogP contribution in [0.5, 0.6) is 0 Å². The molecule has 114 valence electrons. The Labute approximate surface area is 121 Å². The van der Waals surface area contributed by atoms with Crippen LogP contribution >= 0.6 is 0 Å². The zero-order valence-corrected chi connectivity index (χ0v) is 12.7. The van der Waals surface area contributed by atoms with E-state index >= 15 is 0 Å². The Bertz CT molecular complexity index is 380. The highest BCUT2D eigenvalue weighted by molar-refractivity contribution is 5.89. The third kappa shape index (κ3) is 7.12. The molecule has 0 aliphatic carbocycles. The molecule has 0 saturated heterocycles. The molecule has 4 heteroatoms. The van der Waals surface area contributed by atoms with E-state index in [9.17, 15) is 14.7 Å². The predicted octanol–water partition coefficient (Wildman–Crippen LogP) is 4.02. The highest BCUT2D eigenvalue weighted by atomic mass is 16.4. The third-order valence-corrected chi connectivity index (χ3v) is 3.47. The minimum atomic E-state index is -0.994. The largest absolute Gasteiger partial charge is 0.478 e. The standard InChI is InChI=1S/C16H26O4/c1-4-7-8-12(5-2)11-14(16(19)20)10-9-13(6-3)15(17)18/h9-10,12H,4-8,11H2,1-3H3,(H,17,18)(H,19,20). The lowest BCUT2D eigenvalue weighted by molar-refractivity contribution is -0.134. The van der Waals surface area contributed by atoms with Crippen molar-refractivity contribution in [3.8, 4) is 0 Å². The Balaban J connectivity index is 4.95. The van der Waals surface area contributed by atoms with Gasteiger partial charge >= 0.3 is 11.9 Å². The number of carboxylic acid groups (broad SMARTS) is 2. The van der Waals surface area contributed by atoms with Crippen molar-refractivity contribution < 1.29 is 19.8 Å². The van der Waals surface area contributed by atoms with Gasteiger partial charge in [0, 0.05) is 11.1 Å². The number of carbonyl (C=O) groups is 2. The van der Waals surface area contributed by atoms with Gasteiger partial charge in [0.2, 0.25) is 0 Å². The molecule has 4 nitrogen and oxygen atoms in total. The second-order valence-corrected chi connectivity index (χ2v) is 4.97. The van der Waals surface area contributed by atoms with Crippen LogP contribution in [-0.2, 0) is 9.59 Å². The van der Waals surface area contributed by atoms with Crippen molar-refractivity contribution in [2.45, 2.75) is 59.3 Å². The van der Waals surface area contributed by atoms with E-state index < -0.39 is 11.9 Å². The first-order chi connectivity index (χ1) is 9.46. The van der Waals surface area contributed by atoms with E-state index in [1.807, 2.05) is 0 Å². The predicted molar refractivity (Wildman–Crippen MR) is 79.7 cm³/mol. The summed E-state index contributed by atoms with van der Waals surface area (Å²) in [6.07, 6.45) is 7.89. The molecular formula is C16H26O4. The van der Waals surface area contributed by atoms with Crippen LogP contribution in [-0.4, -0.2) is 22.2 Å². The average Bonchev–Trinajstić information content (AvgIpc) is 2.41. The molecule has 0 saturated carbocycles. The van der Waals surface area contributed by atoms with Gasteiger partial charge in [-0.1, -0.05) is 58.6 Å². The van der Waals surface area contributed by atoms with Gasteiger partial charge in [0.05, 0.1) is 0 Å². The van der Waals surface area contributed by atoms with Crippen LogP contribution in [0.15, 0.2) is 23.3 Å². The molecule has 1 unspecified atom stereocenters. The molecule has 0 aromatic rings. The van der Waals surface area contributed by atoms with E-state index in [2.05, 4.69) is 13.8 Å². The first-order valence-electron chi connectivity index (χ1n) is 7.32. The third-order valence-electron chi connectivity index (χ3n) is 3.47. The zero-order valence-electron chi connectivity index (χ0n) is 12.7. The molecule has 0 aliphatic heterocycles. The van der Waals surface area contributed by atoms with Gasteiger partial charge in [-0.2, -0.15) is 0 Å². The minimum absolute atomic E-state index is 0.227. The van der Waals surface area contributed by atoms with Gasteiger partial charge in [-0.3, -0.25) is 0 Å². The summed E-state index contributed by atoms with van der Waals surface area (Å²) >= 11 is 0. The molecule has 20 heavy (non-hydrogen) atoms. The zero-order chi connectivity index (χ0) is 15.5. The van der Waals surface area contributed by atoms with Crippen LogP contribution in [0.4, 0.5) is 0 Å². The molecule has 0 bridgehead atoms. The minimum Gasteiger partial charge on any atom is -0.478 e. The lowest BCUT2D eigenvalue weighted by Crippen LogP contribution is -2.08. The molecule has 0 fully saturated rings. The fourth-order valence-electron chi connectivity index (χ4n) is 2.02. The second kappa shape index (κ2) is 10.2. The highest BCUT2D eigenvalue weighted by Crippen LogP contribution is 2.22. The molecule has 2 N–H and O–H groups in total. The Hall–Kier alpha value is -1.58. The monoisotopic (exact) mass is 282 g/mol. The normalized spacial score (nSPS) is 14.2. The quantitative estimate of drug-likeness (QED) is 0.468. The van der Waals surface area contributed by atoms with E-state index in [-0.39, 0.29) is 5.57 Å². The molecule has 0 amide bonds. The Morgan fingerprint density at radius 2 is 1.55 bits per heavy atom. The molecule has 0 aliphatic rings. The lowest BCUT2D eigenvalue weighted by Gasteiger charge is -2.14. The summed E-state index contributed by atoms with van der Waals surface area (Å²) in [5, 5.41) is 18.1. The van der Waals surface area contributed by atoms with Gasteiger partial charge < -0.3 is 10.2 Å². The molecule has 0 spiro atoms. The van der Waals surface area contributed by atoms with Gasteiger partial charge in [-0.25, -0.2) is 9.59 Å². The SMILES string of the molecule is CCCCC(CC)CC(=CC=C(CC)C(=O)O)C(=O)O. The van der Waals surface area contributed by atoms with Crippen molar-refractivity contribution in [2.24, 2.45) is 5.92 Å². The smallest absolute Gasteiger partial charge is 0.331 e. The summed E-state index contributed by atoms with van der Waals surface area (Å²) in [6, 6.07) is 0. The summed E-state index contributed by atoms with van der Waals surface area (Å²) < 4.78 is 0. The number of hydrogen-bond donors (Lipinski definition) is 2. The van der Waals surface area contributed by atoms with Gasteiger partial charge in [-0.15, -0.1) is 0 Å². The molecule has 1 atom stereocenters. The summed E-state index contributed by atoms with van der Waals surface area (Å²) in [5.74, 6) is -1.61.